The summed E-state index contributed by atoms with van der Waals surface area (Å²) >= 11 is 0. The van der Waals surface area contributed by atoms with Crippen molar-refractivity contribution >= 4 is 0 Å². The lowest BCUT2D eigenvalue weighted by molar-refractivity contribution is 0.775. The van der Waals surface area contributed by atoms with Gasteiger partial charge in [0.1, 0.15) is 0 Å². The lowest BCUT2D eigenvalue weighted by Gasteiger charge is -2.03. The van der Waals surface area contributed by atoms with E-state index in [4.69, 9.17) is 0 Å². The number of hydrogen-bond donors (Lipinski definition) is 1. The fourth-order valence-corrected chi connectivity index (χ4v) is 1.30. The highest BCUT2D eigenvalue weighted by Crippen LogP contribution is 2.12. The average molecular weight is 190 g/mol. The van der Waals surface area contributed by atoms with Crippen molar-refractivity contribution in [1.82, 2.24) is 20.2 Å². The Morgan fingerprint density at radius 2 is 2.14 bits per heavy atom. The standard InChI is InChI=1S/C9H10N4O/c1-6-3-4-7(2)8(5-6)13-9(14)10-11-12-13/h3-5H,1-2H3,(H,10,12,14). The van der Waals surface area contributed by atoms with E-state index in [1.807, 2.05) is 32.0 Å². The minimum Gasteiger partial charge on any atom is -0.244 e. The highest BCUT2D eigenvalue weighted by molar-refractivity contribution is 5.41. The Hall–Kier alpha value is -1.91. The van der Waals surface area contributed by atoms with Gasteiger partial charge in [0.05, 0.1) is 5.69 Å². The zero-order chi connectivity index (χ0) is 10.1. The number of hydrogen-bond acceptors (Lipinski definition) is 3. The van der Waals surface area contributed by atoms with Gasteiger partial charge in [-0.05, 0) is 41.5 Å². The molecule has 1 heterocycles. The minimum absolute atomic E-state index is 0.321. The van der Waals surface area contributed by atoms with E-state index >= 15 is 0 Å². The summed E-state index contributed by atoms with van der Waals surface area (Å²) in [7, 11) is 0. The van der Waals surface area contributed by atoms with E-state index in [2.05, 4.69) is 15.5 Å². The van der Waals surface area contributed by atoms with Crippen LogP contribution < -0.4 is 5.69 Å². The first kappa shape index (κ1) is 8.68. The van der Waals surface area contributed by atoms with Crippen molar-refractivity contribution in [2.75, 3.05) is 0 Å². The molecule has 1 N–H and O–H groups in total. The van der Waals surface area contributed by atoms with E-state index in [-0.39, 0.29) is 5.69 Å². The van der Waals surface area contributed by atoms with Crippen LogP contribution in [0.1, 0.15) is 11.1 Å². The average Bonchev–Trinajstić information content (AvgIpc) is 2.56. The molecule has 0 atom stereocenters. The molecule has 0 amide bonds. The van der Waals surface area contributed by atoms with Crippen molar-refractivity contribution in [3.8, 4) is 5.69 Å². The summed E-state index contributed by atoms with van der Waals surface area (Å²) in [6, 6.07) is 5.84. The molecule has 0 unspecified atom stereocenters. The summed E-state index contributed by atoms with van der Waals surface area (Å²) < 4.78 is 1.25. The molecule has 0 aliphatic rings. The number of aromatic nitrogens is 4. The van der Waals surface area contributed by atoms with Gasteiger partial charge in [-0.25, -0.2) is 9.89 Å². The molecule has 2 aromatic rings. The SMILES string of the molecule is Cc1ccc(C)c(-n2nn[nH]c2=O)c1. The van der Waals surface area contributed by atoms with Crippen molar-refractivity contribution in [2.24, 2.45) is 0 Å². The molecule has 0 aliphatic heterocycles. The summed E-state index contributed by atoms with van der Waals surface area (Å²) in [6.07, 6.45) is 0. The first-order chi connectivity index (χ1) is 6.68. The summed E-state index contributed by atoms with van der Waals surface area (Å²) in [5.41, 5.74) is 2.52. The van der Waals surface area contributed by atoms with Crippen molar-refractivity contribution in [1.29, 1.82) is 0 Å². The van der Waals surface area contributed by atoms with Gasteiger partial charge in [0.25, 0.3) is 0 Å². The Kier molecular flexibility index (Phi) is 1.92. The second-order valence-electron chi connectivity index (χ2n) is 3.21. The molecule has 5 nitrogen and oxygen atoms in total. The van der Waals surface area contributed by atoms with Gasteiger partial charge in [-0.3, -0.25) is 0 Å². The van der Waals surface area contributed by atoms with E-state index in [0.717, 1.165) is 16.8 Å². The number of aromatic amines is 1. The predicted molar refractivity (Wildman–Crippen MR) is 51.5 cm³/mol. The van der Waals surface area contributed by atoms with Crippen LogP contribution in [0, 0.1) is 13.8 Å². The topological polar surface area (TPSA) is 63.6 Å². The largest absolute Gasteiger partial charge is 0.365 e. The van der Waals surface area contributed by atoms with Crippen LogP contribution in [0.25, 0.3) is 5.69 Å². The third-order valence-electron chi connectivity index (χ3n) is 2.07. The van der Waals surface area contributed by atoms with Gasteiger partial charge in [-0.15, -0.1) is 0 Å². The molecule has 1 aromatic carbocycles. The Bertz CT molecular complexity index is 512. The second-order valence-corrected chi connectivity index (χ2v) is 3.21. The normalized spacial score (nSPS) is 10.4. The second kappa shape index (κ2) is 3.10. The van der Waals surface area contributed by atoms with Crippen LogP contribution >= 0.6 is 0 Å². The summed E-state index contributed by atoms with van der Waals surface area (Å²) in [6.45, 7) is 3.89. The fraction of sp³-hybridized carbons (Fsp3) is 0.222. The van der Waals surface area contributed by atoms with Gasteiger partial charge in [0.2, 0.25) is 0 Å². The monoisotopic (exact) mass is 190 g/mol. The number of aryl methyl sites for hydroxylation is 2. The molecule has 1 aromatic heterocycles. The highest BCUT2D eigenvalue weighted by atomic mass is 16.2. The van der Waals surface area contributed by atoms with Crippen LogP contribution in [0.2, 0.25) is 0 Å². The summed E-state index contributed by atoms with van der Waals surface area (Å²) in [4.78, 5) is 11.3. The maximum absolute atomic E-state index is 11.3. The molecule has 0 bridgehead atoms. The maximum Gasteiger partial charge on any atom is 0.365 e. The van der Waals surface area contributed by atoms with Crippen LogP contribution in [-0.4, -0.2) is 20.2 Å². The smallest absolute Gasteiger partial charge is 0.244 e. The zero-order valence-electron chi connectivity index (χ0n) is 7.98. The van der Waals surface area contributed by atoms with Gasteiger partial charge in [0.15, 0.2) is 0 Å². The Morgan fingerprint density at radius 3 is 2.79 bits per heavy atom. The van der Waals surface area contributed by atoms with Crippen LogP contribution in [0.3, 0.4) is 0 Å². The number of H-pyrrole nitrogens is 1. The van der Waals surface area contributed by atoms with E-state index in [9.17, 15) is 4.79 Å². The number of benzene rings is 1. The molecule has 5 heteroatoms. The molecule has 72 valence electrons. The molecule has 0 saturated heterocycles. The first-order valence-electron chi connectivity index (χ1n) is 4.26. The van der Waals surface area contributed by atoms with Crippen LogP contribution in [-0.2, 0) is 0 Å². The van der Waals surface area contributed by atoms with Crippen molar-refractivity contribution < 1.29 is 0 Å². The fourth-order valence-electron chi connectivity index (χ4n) is 1.30. The number of tetrazole rings is 1. The molecule has 2 rings (SSSR count). The quantitative estimate of drug-likeness (QED) is 0.715. The van der Waals surface area contributed by atoms with Crippen molar-refractivity contribution in [3.63, 3.8) is 0 Å². The lowest BCUT2D eigenvalue weighted by atomic mass is 10.1. The summed E-state index contributed by atoms with van der Waals surface area (Å²) in [5.74, 6) is 0. The van der Waals surface area contributed by atoms with E-state index in [1.165, 1.54) is 4.68 Å². The third kappa shape index (κ3) is 1.32. The van der Waals surface area contributed by atoms with E-state index in [0.29, 0.717) is 0 Å². The minimum atomic E-state index is -0.321. The molecular formula is C9H10N4O. The number of rotatable bonds is 1. The van der Waals surface area contributed by atoms with Crippen molar-refractivity contribution in [2.45, 2.75) is 13.8 Å². The molecule has 0 radical (unpaired) electrons. The predicted octanol–water partition coefficient (Wildman–Crippen LogP) is 0.572. The van der Waals surface area contributed by atoms with Gasteiger partial charge in [0, 0.05) is 0 Å². The van der Waals surface area contributed by atoms with Gasteiger partial charge in [-0.2, -0.15) is 4.68 Å². The number of nitrogens with one attached hydrogen (secondary N) is 1. The third-order valence-corrected chi connectivity index (χ3v) is 2.07. The molecule has 0 aliphatic carbocycles. The van der Waals surface area contributed by atoms with Gasteiger partial charge < -0.3 is 0 Å². The van der Waals surface area contributed by atoms with Crippen molar-refractivity contribution in [3.05, 3.63) is 39.8 Å². The Balaban J connectivity index is 2.68. The molecule has 0 spiro atoms. The van der Waals surface area contributed by atoms with Gasteiger partial charge in [-0.1, -0.05) is 12.1 Å². The maximum atomic E-state index is 11.3. The molecular weight excluding hydrogens is 180 g/mol. The zero-order valence-corrected chi connectivity index (χ0v) is 7.98. The van der Waals surface area contributed by atoms with E-state index < -0.39 is 0 Å². The van der Waals surface area contributed by atoms with Crippen LogP contribution in [0.5, 0.6) is 0 Å². The van der Waals surface area contributed by atoms with Crippen LogP contribution in [0.15, 0.2) is 23.0 Å². The highest BCUT2D eigenvalue weighted by Gasteiger charge is 2.05. The molecule has 0 fully saturated rings. The number of nitrogens with zero attached hydrogens (tertiary/aromatic N) is 3. The molecule has 0 saturated carbocycles. The first-order valence-corrected chi connectivity index (χ1v) is 4.26. The van der Waals surface area contributed by atoms with Crippen LogP contribution in [0.4, 0.5) is 0 Å². The van der Waals surface area contributed by atoms with Gasteiger partial charge >= 0.3 is 5.69 Å². The summed E-state index contributed by atoms with van der Waals surface area (Å²) in [5, 5.41) is 9.39. The van der Waals surface area contributed by atoms with E-state index in [1.54, 1.807) is 0 Å². The molecule has 14 heavy (non-hydrogen) atoms. The Morgan fingerprint density at radius 1 is 1.36 bits per heavy atom. The Labute approximate surface area is 80.4 Å². The lowest BCUT2D eigenvalue weighted by Crippen LogP contribution is -2.17.